The highest BCUT2D eigenvalue weighted by atomic mass is 32.1. The molecule has 0 saturated carbocycles. The van der Waals surface area contributed by atoms with Crippen molar-refractivity contribution >= 4 is 44.4 Å². The number of aliphatic carboxylic acids is 1. The topological polar surface area (TPSA) is 95.9 Å². The Bertz CT molecular complexity index is 878. The van der Waals surface area contributed by atoms with Crippen molar-refractivity contribution in [1.82, 2.24) is 4.90 Å². The van der Waals surface area contributed by atoms with E-state index < -0.39 is 23.9 Å². The van der Waals surface area contributed by atoms with E-state index in [-0.39, 0.29) is 19.1 Å². The molecule has 1 aliphatic heterocycles. The van der Waals surface area contributed by atoms with Crippen molar-refractivity contribution in [1.29, 1.82) is 0 Å². The molecule has 7 nitrogen and oxygen atoms in total. The second kappa shape index (κ2) is 7.96. The number of likely N-dealkylation sites (tertiary alicyclic amines) is 1. The van der Waals surface area contributed by atoms with Crippen LogP contribution < -0.4 is 5.32 Å². The number of esters is 1. The minimum absolute atomic E-state index is 0.0949. The molecule has 0 spiro atoms. The minimum atomic E-state index is -0.895. The van der Waals surface area contributed by atoms with Gasteiger partial charge in [0.15, 0.2) is 0 Å². The molecule has 0 bridgehead atoms. The predicted octanol–water partition coefficient (Wildman–Crippen LogP) is 3.65. The molecule has 27 heavy (non-hydrogen) atoms. The zero-order valence-electron chi connectivity index (χ0n) is 15.2. The molecular formula is C19H22N2O5S. The molecular weight excluding hydrogens is 368 g/mol. The molecule has 144 valence electrons. The number of urea groups is 1. The van der Waals surface area contributed by atoms with E-state index >= 15 is 0 Å². The summed E-state index contributed by atoms with van der Waals surface area (Å²) in [7, 11) is 0. The molecule has 0 radical (unpaired) electrons. The zero-order valence-corrected chi connectivity index (χ0v) is 16.0. The highest BCUT2D eigenvalue weighted by Crippen LogP contribution is 2.36. The summed E-state index contributed by atoms with van der Waals surface area (Å²) in [5.41, 5.74) is 0.339. The van der Waals surface area contributed by atoms with Crippen molar-refractivity contribution in [2.75, 3.05) is 25.0 Å². The number of amides is 2. The van der Waals surface area contributed by atoms with Crippen LogP contribution in [0, 0.1) is 11.8 Å². The van der Waals surface area contributed by atoms with Gasteiger partial charge in [0.25, 0.3) is 0 Å². The third-order valence-corrected chi connectivity index (χ3v) is 5.68. The molecule has 2 amide bonds. The van der Waals surface area contributed by atoms with Gasteiger partial charge < -0.3 is 14.7 Å². The number of carboxylic acids is 1. The predicted molar refractivity (Wildman–Crippen MR) is 103 cm³/mol. The fourth-order valence-electron chi connectivity index (χ4n) is 3.41. The number of nitrogens with one attached hydrogen (secondary N) is 1. The Hall–Kier alpha value is -2.61. The van der Waals surface area contributed by atoms with Gasteiger partial charge in [0.2, 0.25) is 0 Å². The lowest BCUT2D eigenvalue weighted by Gasteiger charge is -2.34. The Morgan fingerprint density at radius 3 is 2.74 bits per heavy atom. The number of hydrogen-bond acceptors (Lipinski definition) is 5. The lowest BCUT2D eigenvalue weighted by molar-refractivity contribution is -0.143. The standard InChI is InChI=1S/C19H22N2O5S/c1-3-26-18(24)15-13-6-4-5-7-14(13)27-16(15)20-19(25)21-9-11(2)8-12(10-21)17(22)23/h4-7,11-12H,3,8-10H2,1-2H3,(H,20,25)(H,22,23). The largest absolute Gasteiger partial charge is 0.481 e. The monoisotopic (exact) mass is 390 g/mol. The first-order chi connectivity index (χ1) is 12.9. The summed E-state index contributed by atoms with van der Waals surface area (Å²) in [5, 5.41) is 13.2. The number of rotatable bonds is 4. The van der Waals surface area contributed by atoms with E-state index in [0.29, 0.717) is 23.5 Å². The third kappa shape index (κ3) is 4.05. The van der Waals surface area contributed by atoms with Gasteiger partial charge in [-0.3, -0.25) is 10.1 Å². The quantitative estimate of drug-likeness (QED) is 0.777. The molecule has 1 saturated heterocycles. The highest BCUT2D eigenvalue weighted by Gasteiger charge is 2.32. The van der Waals surface area contributed by atoms with Crippen molar-refractivity contribution in [2.45, 2.75) is 20.3 Å². The summed E-state index contributed by atoms with van der Waals surface area (Å²) in [5.74, 6) is -1.86. The van der Waals surface area contributed by atoms with Crippen LogP contribution in [0.3, 0.4) is 0 Å². The number of thiophene rings is 1. The first-order valence-electron chi connectivity index (χ1n) is 8.88. The number of ether oxygens (including phenoxy) is 1. The molecule has 1 aliphatic rings. The molecule has 2 unspecified atom stereocenters. The van der Waals surface area contributed by atoms with Gasteiger partial charge in [-0.1, -0.05) is 25.1 Å². The summed E-state index contributed by atoms with van der Waals surface area (Å²) in [4.78, 5) is 38.0. The summed E-state index contributed by atoms with van der Waals surface area (Å²) in [6.45, 7) is 4.53. The van der Waals surface area contributed by atoms with Crippen molar-refractivity contribution in [2.24, 2.45) is 11.8 Å². The molecule has 1 fully saturated rings. The van der Waals surface area contributed by atoms with Crippen LogP contribution in [0.2, 0.25) is 0 Å². The van der Waals surface area contributed by atoms with Gasteiger partial charge in [-0.15, -0.1) is 11.3 Å². The summed E-state index contributed by atoms with van der Waals surface area (Å²) in [6, 6.07) is 6.99. The van der Waals surface area contributed by atoms with E-state index in [1.54, 1.807) is 6.92 Å². The number of piperidine rings is 1. The van der Waals surface area contributed by atoms with Crippen LogP contribution in [0.25, 0.3) is 10.1 Å². The maximum absolute atomic E-state index is 12.8. The SMILES string of the molecule is CCOC(=O)c1c(NC(=O)N2CC(C)CC(C(=O)O)C2)sc2ccccc12. The number of carbonyl (C=O) groups is 3. The second-order valence-corrected chi connectivity index (χ2v) is 7.79. The van der Waals surface area contributed by atoms with Crippen molar-refractivity contribution < 1.29 is 24.2 Å². The minimum Gasteiger partial charge on any atom is -0.481 e. The van der Waals surface area contributed by atoms with Gasteiger partial charge in [0.05, 0.1) is 12.5 Å². The highest BCUT2D eigenvalue weighted by molar-refractivity contribution is 7.23. The Labute approximate surface area is 160 Å². The van der Waals surface area contributed by atoms with Crippen LogP contribution in [0.1, 0.15) is 30.6 Å². The molecule has 1 aromatic carbocycles. The van der Waals surface area contributed by atoms with Gasteiger partial charge in [0, 0.05) is 23.2 Å². The van der Waals surface area contributed by atoms with Gasteiger partial charge in [-0.2, -0.15) is 0 Å². The van der Waals surface area contributed by atoms with E-state index in [2.05, 4.69) is 5.32 Å². The molecule has 2 aromatic rings. The Morgan fingerprint density at radius 1 is 1.30 bits per heavy atom. The third-order valence-electron chi connectivity index (χ3n) is 4.59. The van der Waals surface area contributed by atoms with E-state index in [1.807, 2.05) is 31.2 Å². The van der Waals surface area contributed by atoms with Crippen LogP contribution in [-0.2, 0) is 9.53 Å². The lowest BCUT2D eigenvalue weighted by atomic mass is 9.91. The first kappa shape index (κ1) is 19.2. The fraction of sp³-hybridized carbons (Fsp3) is 0.421. The Kier molecular flexibility index (Phi) is 5.65. The summed E-state index contributed by atoms with van der Waals surface area (Å²) in [6.07, 6.45) is 0.552. The maximum atomic E-state index is 12.8. The number of hydrogen-bond donors (Lipinski definition) is 2. The lowest BCUT2D eigenvalue weighted by Crippen LogP contribution is -2.47. The molecule has 1 aromatic heterocycles. The molecule has 0 aliphatic carbocycles. The van der Waals surface area contributed by atoms with Gasteiger partial charge in [-0.25, -0.2) is 9.59 Å². The zero-order chi connectivity index (χ0) is 19.6. The fourth-order valence-corrected chi connectivity index (χ4v) is 4.49. The number of anilines is 1. The summed E-state index contributed by atoms with van der Waals surface area (Å²) < 4.78 is 6.02. The number of fused-ring (bicyclic) bond motifs is 1. The normalized spacial score (nSPS) is 19.7. The van der Waals surface area contributed by atoms with Crippen LogP contribution in [0.4, 0.5) is 9.80 Å². The Morgan fingerprint density at radius 2 is 2.04 bits per heavy atom. The number of carbonyl (C=O) groups excluding carboxylic acids is 2. The molecule has 8 heteroatoms. The first-order valence-corrected chi connectivity index (χ1v) is 9.69. The number of nitrogens with zero attached hydrogens (tertiary/aromatic N) is 1. The van der Waals surface area contributed by atoms with E-state index in [9.17, 15) is 19.5 Å². The van der Waals surface area contributed by atoms with Gasteiger partial charge >= 0.3 is 18.0 Å². The maximum Gasteiger partial charge on any atom is 0.341 e. The van der Waals surface area contributed by atoms with E-state index in [4.69, 9.17) is 4.74 Å². The van der Waals surface area contributed by atoms with Crippen LogP contribution in [0.5, 0.6) is 0 Å². The molecule has 2 heterocycles. The van der Waals surface area contributed by atoms with E-state index in [0.717, 1.165) is 10.1 Å². The molecule has 2 atom stereocenters. The van der Waals surface area contributed by atoms with Gasteiger partial charge in [0.1, 0.15) is 10.6 Å². The van der Waals surface area contributed by atoms with Crippen molar-refractivity contribution in [3.63, 3.8) is 0 Å². The molecule has 3 rings (SSSR count). The smallest absolute Gasteiger partial charge is 0.341 e. The van der Waals surface area contributed by atoms with Crippen LogP contribution in [-0.4, -0.2) is 47.7 Å². The summed E-state index contributed by atoms with van der Waals surface area (Å²) >= 11 is 1.30. The second-order valence-electron chi connectivity index (χ2n) is 6.73. The van der Waals surface area contributed by atoms with Crippen LogP contribution >= 0.6 is 11.3 Å². The van der Waals surface area contributed by atoms with Crippen molar-refractivity contribution in [3.05, 3.63) is 29.8 Å². The number of carboxylic acid groups (broad SMARTS) is 1. The van der Waals surface area contributed by atoms with E-state index in [1.165, 1.54) is 16.2 Å². The van der Waals surface area contributed by atoms with Gasteiger partial charge in [-0.05, 0) is 25.3 Å². The average molecular weight is 390 g/mol. The van der Waals surface area contributed by atoms with Crippen LogP contribution in [0.15, 0.2) is 24.3 Å². The Balaban J connectivity index is 1.87. The van der Waals surface area contributed by atoms with Crippen molar-refractivity contribution in [3.8, 4) is 0 Å². The average Bonchev–Trinajstić information content (AvgIpc) is 2.99. The molecule has 2 N–H and O–H groups in total. The number of benzene rings is 1.